The molecule has 1 amide bonds. The van der Waals surface area contributed by atoms with E-state index in [-0.39, 0.29) is 18.0 Å². The molecule has 1 aromatic rings. The van der Waals surface area contributed by atoms with Crippen molar-refractivity contribution < 1.29 is 19.0 Å². The summed E-state index contributed by atoms with van der Waals surface area (Å²) in [6, 6.07) is 3.39. The Labute approximate surface area is 124 Å². The van der Waals surface area contributed by atoms with Gasteiger partial charge in [-0.2, -0.15) is 0 Å². The van der Waals surface area contributed by atoms with Crippen molar-refractivity contribution in [3.8, 4) is 17.2 Å². The van der Waals surface area contributed by atoms with E-state index in [1.807, 2.05) is 12.1 Å². The number of hydrogen-bond donors (Lipinski definition) is 1. The maximum absolute atomic E-state index is 11.9. The molecule has 1 heterocycles. The predicted molar refractivity (Wildman–Crippen MR) is 78.8 cm³/mol. The third kappa shape index (κ3) is 2.76. The SMILES string of the molecule is COc1cc(C2C(N)CCC(=O)N2C)cc(OC)c1OC. The van der Waals surface area contributed by atoms with Crippen LogP contribution in [0.2, 0.25) is 0 Å². The number of piperidine rings is 1. The molecule has 0 bridgehead atoms. The van der Waals surface area contributed by atoms with Gasteiger partial charge in [-0.25, -0.2) is 0 Å². The number of nitrogens with two attached hydrogens (primary N) is 1. The molecule has 2 atom stereocenters. The van der Waals surface area contributed by atoms with Gasteiger partial charge in [0.2, 0.25) is 11.7 Å². The third-order valence-electron chi connectivity index (χ3n) is 3.94. The molecule has 2 rings (SSSR count). The van der Waals surface area contributed by atoms with Crippen molar-refractivity contribution in [3.63, 3.8) is 0 Å². The van der Waals surface area contributed by atoms with E-state index in [1.54, 1.807) is 33.3 Å². The van der Waals surface area contributed by atoms with Gasteiger partial charge in [-0.3, -0.25) is 4.79 Å². The molecule has 0 aliphatic carbocycles. The molecule has 0 radical (unpaired) electrons. The lowest BCUT2D eigenvalue weighted by molar-refractivity contribution is -0.135. The molecule has 2 unspecified atom stereocenters. The normalized spacial score (nSPS) is 22.1. The molecule has 1 aliphatic heterocycles. The summed E-state index contributed by atoms with van der Waals surface area (Å²) >= 11 is 0. The number of nitrogens with zero attached hydrogens (tertiary/aromatic N) is 1. The van der Waals surface area contributed by atoms with Crippen LogP contribution in [0.5, 0.6) is 17.2 Å². The van der Waals surface area contributed by atoms with Gasteiger partial charge in [-0.1, -0.05) is 0 Å². The lowest BCUT2D eigenvalue weighted by atomic mass is 9.90. The van der Waals surface area contributed by atoms with Crippen LogP contribution in [0, 0.1) is 0 Å². The van der Waals surface area contributed by atoms with E-state index < -0.39 is 0 Å². The lowest BCUT2D eigenvalue weighted by Gasteiger charge is -2.37. The molecule has 1 fully saturated rings. The molecule has 1 aromatic carbocycles. The van der Waals surface area contributed by atoms with E-state index in [0.717, 1.165) is 5.56 Å². The maximum Gasteiger partial charge on any atom is 0.222 e. The zero-order valence-electron chi connectivity index (χ0n) is 12.9. The van der Waals surface area contributed by atoms with Crippen molar-refractivity contribution in [2.24, 2.45) is 5.73 Å². The molecular formula is C15H22N2O4. The van der Waals surface area contributed by atoms with Crippen molar-refractivity contribution in [1.29, 1.82) is 0 Å². The summed E-state index contributed by atoms with van der Waals surface area (Å²) in [5.41, 5.74) is 7.09. The van der Waals surface area contributed by atoms with Gasteiger partial charge in [0.15, 0.2) is 11.5 Å². The minimum absolute atomic E-state index is 0.0930. The number of amides is 1. The Hall–Kier alpha value is -1.95. The second-order valence-corrected chi connectivity index (χ2v) is 5.11. The minimum Gasteiger partial charge on any atom is -0.493 e. The number of likely N-dealkylation sites (N-methyl/N-ethyl adjacent to an activating group) is 1. The average molecular weight is 294 g/mol. The maximum atomic E-state index is 11.9. The van der Waals surface area contributed by atoms with Crippen LogP contribution in [0.1, 0.15) is 24.4 Å². The number of carbonyl (C=O) groups is 1. The highest BCUT2D eigenvalue weighted by molar-refractivity contribution is 5.77. The molecule has 1 saturated heterocycles. The number of ether oxygens (including phenoxy) is 3. The van der Waals surface area contributed by atoms with Gasteiger partial charge in [0, 0.05) is 19.5 Å². The third-order valence-corrected chi connectivity index (χ3v) is 3.94. The van der Waals surface area contributed by atoms with Gasteiger partial charge in [-0.15, -0.1) is 0 Å². The Morgan fingerprint density at radius 1 is 1.14 bits per heavy atom. The Morgan fingerprint density at radius 3 is 2.19 bits per heavy atom. The average Bonchev–Trinajstić information content (AvgIpc) is 2.50. The van der Waals surface area contributed by atoms with Crippen LogP contribution in [0.15, 0.2) is 12.1 Å². The smallest absolute Gasteiger partial charge is 0.222 e. The quantitative estimate of drug-likeness (QED) is 0.907. The molecule has 0 aromatic heterocycles. The molecule has 6 nitrogen and oxygen atoms in total. The molecular weight excluding hydrogens is 272 g/mol. The second-order valence-electron chi connectivity index (χ2n) is 5.11. The van der Waals surface area contributed by atoms with E-state index in [2.05, 4.69) is 0 Å². The fraction of sp³-hybridized carbons (Fsp3) is 0.533. The van der Waals surface area contributed by atoms with Gasteiger partial charge in [0.1, 0.15) is 0 Å². The minimum atomic E-state index is -0.194. The lowest BCUT2D eigenvalue weighted by Crippen LogP contribution is -2.46. The van der Waals surface area contributed by atoms with Crippen LogP contribution in [-0.2, 0) is 4.79 Å². The van der Waals surface area contributed by atoms with Crippen molar-refractivity contribution in [2.75, 3.05) is 28.4 Å². The Balaban J connectivity index is 2.49. The van der Waals surface area contributed by atoms with Gasteiger partial charge in [0.05, 0.1) is 27.4 Å². The van der Waals surface area contributed by atoms with Gasteiger partial charge < -0.3 is 24.8 Å². The summed E-state index contributed by atoms with van der Waals surface area (Å²) in [6.07, 6.45) is 1.16. The van der Waals surface area contributed by atoms with Crippen LogP contribution in [0.25, 0.3) is 0 Å². The number of benzene rings is 1. The Morgan fingerprint density at radius 2 is 1.71 bits per heavy atom. The summed E-state index contributed by atoms with van der Waals surface area (Å²) in [4.78, 5) is 13.6. The van der Waals surface area contributed by atoms with Gasteiger partial charge in [-0.05, 0) is 24.1 Å². The van der Waals surface area contributed by atoms with Crippen LogP contribution >= 0.6 is 0 Å². The van der Waals surface area contributed by atoms with E-state index in [0.29, 0.717) is 30.1 Å². The van der Waals surface area contributed by atoms with E-state index in [9.17, 15) is 4.79 Å². The summed E-state index contributed by atoms with van der Waals surface area (Å²) in [5.74, 6) is 1.74. The van der Waals surface area contributed by atoms with Crippen LogP contribution in [-0.4, -0.2) is 45.2 Å². The molecule has 116 valence electrons. The van der Waals surface area contributed by atoms with Crippen molar-refractivity contribution in [3.05, 3.63) is 17.7 Å². The summed E-state index contributed by atoms with van der Waals surface area (Å²) < 4.78 is 16.0. The highest BCUT2D eigenvalue weighted by atomic mass is 16.5. The van der Waals surface area contributed by atoms with Crippen LogP contribution < -0.4 is 19.9 Å². The number of rotatable bonds is 4. The monoisotopic (exact) mass is 294 g/mol. The molecule has 0 saturated carbocycles. The Bertz CT molecular complexity index is 507. The first kappa shape index (κ1) is 15.4. The molecule has 21 heavy (non-hydrogen) atoms. The first-order valence-electron chi connectivity index (χ1n) is 6.84. The summed E-state index contributed by atoms with van der Waals surface area (Å²) in [6.45, 7) is 0. The highest BCUT2D eigenvalue weighted by Gasteiger charge is 2.33. The van der Waals surface area contributed by atoms with Crippen LogP contribution in [0.4, 0.5) is 0 Å². The number of likely N-dealkylation sites (tertiary alicyclic amines) is 1. The van der Waals surface area contributed by atoms with Gasteiger partial charge in [0.25, 0.3) is 0 Å². The topological polar surface area (TPSA) is 74.0 Å². The molecule has 2 N–H and O–H groups in total. The van der Waals surface area contributed by atoms with Crippen molar-refractivity contribution >= 4 is 5.91 Å². The standard InChI is InChI=1S/C15H22N2O4/c1-17-13(18)6-5-10(16)14(17)9-7-11(19-2)15(21-4)12(8-9)20-3/h7-8,10,14H,5-6,16H2,1-4H3. The zero-order chi connectivity index (χ0) is 15.6. The fourth-order valence-electron chi connectivity index (χ4n) is 2.81. The van der Waals surface area contributed by atoms with E-state index in [4.69, 9.17) is 19.9 Å². The number of methoxy groups -OCH3 is 3. The Kier molecular flexibility index (Phi) is 4.57. The second kappa shape index (κ2) is 6.22. The predicted octanol–water partition coefficient (Wildman–Crippen LogP) is 1.33. The molecule has 1 aliphatic rings. The fourth-order valence-corrected chi connectivity index (χ4v) is 2.81. The first-order valence-corrected chi connectivity index (χ1v) is 6.84. The van der Waals surface area contributed by atoms with E-state index >= 15 is 0 Å². The molecule has 6 heteroatoms. The largest absolute Gasteiger partial charge is 0.493 e. The summed E-state index contributed by atoms with van der Waals surface area (Å²) in [5, 5.41) is 0. The number of hydrogen-bond acceptors (Lipinski definition) is 5. The number of carbonyl (C=O) groups excluding carboxylic acids is 1. The molecule has 0 spiro atoms. The zero-order valence-corrected chi connectivity index (χ0v) is 12.9. The van der Waals surface area contributed by atoms with Gasteiger partial charge >= 0.3 is 0 Å². The highest BCUT2D eigenvalue weighted by Crippen LogP contribution is 2.42. The van der Waals surface area contributed by atoms with E-state index in [1.165, 1.54) is 0 Å². The van der Waals surface area contributed by atoms with Crippen molar-refractivity contribution in [1.82, 2.24) is 4.90 Å². The van der Waals surface area contributed by atoms with Crippen molar-refractivity contribution in [2.45, 2.75) is 24.9 Å². The van der Waals surface area contributed by atoms with Crippen LogP contribution in [0.3, 0.4) is 0 Å². The first-order chi connectivity index (χ1) is 10.0. The summed E-state index contributed by atoms with van der Waals surface area (Å²) in [7, 11) is 6.46.